The monoisotopic (exact) mass is 418 g/mol. The van der Waals surface area contributed by atoms with Gasteiger partial charge in [0, 0.05) is 7.11 Å². The van der Waals surface area contributed by atoms with E-state index in [4.69, 9.17) is 0 Å². The second-order valence-electron chi connectivity index (χ2n) is 5.10. The van der Waals surface area contributed by atoms with Crippen LogP contribution in [-0.4, -0.2) is 58.2 Å². The van der Waals surface area contributed by atoms with E-state index in [1.54, 1.807) is 0 Å². The molecule has 0 aliphatic carbocycles. The lowest BCUT2D eigenvalue weighted by atomic mass is 9.96. The Morgan fingerprint density at radius 2 is 1.20 bits per heavy atom. The fourth-order valence-electron chi connectivity index (χ4n) is 1.82. The molecule has 1 nitrogen and oxygen atoms in total. The Hall–Kier alpha value is -0.663. The van der Waals surface area contributed by atoms with E-state index in [2.05, 4.69) is 4.43 Å². The maximum Gasteiger partial charge on any atom is 0.381 e. The van der Waals surface area contributed by atoms with Crippen LogP contribution in [0.25, 0.3) is 0 Å². The molecule has 0 saturated carbocycles. The molecule has 0 rings (SSSR count). The van der Waals surface area contributed by atoms with Crippen molar-refractivity contribution in [1.29, 1.82) is 0 Å². The van der Waals surface area contributed by atoms with Crippen LogP contribution < -0.4 is 0 Å². The van der Waals surface area contributed by atoms with Crippen LogP contribution in [0, 0.1) is 0 Å². The molecule has 0 fully saturated rings. The summed E-state index contributed by atoms with van der Waals surface area (Å²) < 4.78 is 161. The minimum atomic E-state index is -7.30. The molecule has 0 amide bonds. The molecule has 0 aromatic rings. The summed E-state index contributed by atoms with van der Waals surface area (Å²) in [5, 5.41) is 0. The van der Waals surface area contributed by atoms with Gasteiger partial charge in [0.05, 0.1) is 0 Å². The number of alkyl halides is 12. The van der Waals surface area contributed by atoms with E-state index in [1.165, 1.54) is 6.92 Å². The van der Waals surface area contributed by atoms with Gasteiger partial charge in [-0.2, -0.15) is 35.1 Å². The van der Waals surface area contributed by atoms with Gasteiger partial charge in [-0.1, -0.05) is 13.3 Å². The van der Waals surface area contributed by atoms with Crippen molar-refractivity contribution in [2.45, 2.75) is 61.5 Å². The Balaban J connectivity index is 5.98. The molecule has 0 aromatic carbocycles. The highest BCUT2D eigenvalue weighted by molar-refractivity contribution is 6.53. The second-order valence-corrected chi connectivity index (χ2v) is 7.81. The van der Waals surface area contributed by atoms with Crippen molar-refractivity contribution in [3.63, 3.8) is 0 Å². The number of hydrogen-bond acceptors (Lipinski definition) is 1. The van der Waals surface area contributed by atoms with E-state index in [-0.39, 0.29) is 6.42 Å². The Morgan fingerprint density at radius 3 is 1.52 bits per heavy atom. The first kappa shape index (κ1) is 24.3. The summed E-state index contributed by atoms with van der Waals surface area (Å²) in [4.78, 5) is 0. The van der Waals surface area contributed by atoms with E-state index in [0.717, 1.165) is 0 Å². The first-order valence-corrected chi connectivity index (χ1v) is 8.59. The van der Waals surface area contributed by atoms with Gasteiger partial charge in [0.2, 0.25) is 15.2 Å². The minimum Gasteiger partial charge on any atom is -0.420 e. The predicted molar refractivity (Wildman–Crippen MR) is 64.8 cm³/mol. The Morgan fingerprint density at radius 1 is 0.800 bits per heavy atom. The molecule has 0 aromatic heterocycles. The normalized spacial score (nSPS) is 18.4. The number of rotatable bonds is 10. The van der Waals surface area contributed by atoms with Crippen molar-refractivity contribution < 1.29 is 57.1 Å². The van der Waals surface area contributed by atoms with Gasteiger partial charge < -0.3 is 4.43 Å². The van der Waals surface area contributed by atoms with Gasteiger partial charge in [-0.25, -0.2) is 17.6 Å². The second kappa shape index (κ2) is 7.92. The third kappa shape index (κ3) is 4.03. The van der Waals surface area contributed by atoms with Gasteiger partial charge in [-0.3, -0.25) is 0 Å². The van der Waals surface area contributed by atoms with E-state index in [0.29, 0.717) is 7.11 Å². The maximum atomic E-state index is 13.7. The molecule has 3 atom stereocenters. The van der Waals surface area contributed by atoms with Gasteiger partial charge in [0.25, 0.3) is 6.43 Å². The predicted octanol–water partition coefficient (Wildman–Crippen LogP) is 4.79. The topological polar surface area (TPSA) is 9.23 Å². The number of hydrogen-bond donors (Lipinski definition) is 0. The molecule has 0 saturated heterocycles. The largest absolute Gasteiger partial charge is 0.420 e. The smallest absolute Gasteiger partial charge is 0.381 e. The Bertz CT molecular complexity index is 429. The van der Waals surface area contributed by atoms with E-state index < -0.39 is 57.2 Å². The molecule has 3 unspecified atom stereocenters. The first-order valence-electron chi connectivity index (χ1n) is 6.64. The molecular formula is C11H14F12OSi. The number of halogens is 12. The summed E-state index contributed by atoms with van der Waals surface area (Å²) in [5.74, 6) is -31.8. The van der Waals surface area contributed by atoms with Crippen LogP contribution in [0.5, 0.6) is 0 Å². The van der Waals surface area contributed by atoms with Crippen LogP contribution in [0.1, 0.15) is 13.3 Å². The fraction of sp³-hybridized carbons (Fsp3) is 1.00. The fourth-order valence-corrected chi connectivity index (χ4v) is 3.84. The molecule has 0 N–H and O–H groups in total. The Labute approximate surface area is 136 Å². The summed E-state index contributed by atoms with van der Waals surface area (Å²) in [5.41, 5.74) is 0. The third-order valence-electron chi connectivity index (χ3n) is 3.35. The van der Waals surface area contributed by atoms with Crippen molar-refractivity contribution >= 4 is 9.04 Å². The van der Waals surface area contributed by atoms with Gasteiger partial charge in [0.1, 0.15) is 0 Å². The molecule has 14 heteroatoms. The average molecular weight is 418 g/mol. The van der Waals surface area contributed by atoms with Crippen LogP contribution in [0.3, 0.4) is 0 Å². The van der Waals surface area contributed by atoms with Gasteiger partial charge in [-0.05, 0) is 6.04 Å². The highest BCUT2D eigenvalue weighted by Gasteiger charge is 2.85. The third-order valence-corrected chi connectivity index (χ3v) is 6.17. The molecule has 0 bridgehead atoms. The molecule has 0 radical (unpaired) electrons. The standard InChI is InChI=1S/C11H14F12OSi/c1-3-4-25(24-2)7(15)9(18,19)11(22,23)10(20,21)8(16,17)5(12)6(13)14/h5-7,25H,3-4H2,1-2H3. The lowest BCUT2D eigenvalue weighted by molar-refractivity contribution is -0.384. The van der Waals surface area contributed by atoms with Crippen molar-refractivity contribution in [3.8, 4) is 0 Å². The zero-order chi connectivity index (χ0) is 20.4. The zero-order valence-corrected chi connectivity index (χ0v) is 13.8. The molecule has 0 spiro atoms. The van der Waals surface area contributed by atoms with Crippen LogP contribution in [0.15, 0.2) is 0 Å². The minimum absolute atomic E-state index is 0.0721. The summed E-state index contributed by atoms with van der Waals surface area (Å²) >= 11 is 0. The SMILES string of the molecule is CCC[SiH](OC)C(F)C(F)(F)C(F)(F)C(F)(F)C(F)(F)C(F)C(F)F. The molecular weight excluding hydrogens is 404 g/mol. The van der Waals surface area contributed by atoms with Crippen LogP contribution in [0.4, 0.5) is 52.7 Å². The summed E-state index contributed by atoms with van der Waals surface area (Å²) in [6, 6.07) is -0.534. The van der Waals surface area contributed by atoms with Crippen LogP contribution in [-0.2, 0) is 4.43 Å². The average Bonchev–Trinajstić information content (AvgIpc) is 2.50. The van der Waals surface area contributed by atoms with Crippen LogP contribution >= 0.6 is 0 Å². The highest BCUT2D eigenvalue weighted by atomic mass is 28.3. The lowest BCUT2D eigenvalue weighted by Crippen LogP contribution is -2.69. The lowest BCUT2D eigenvalue weighted by Gasteiger charge is -2.39. The van der Waals surface area contributed by atoms with Crippen molar-refractivity contribution in [2.75, 3.05) is 7.11 Å². The van der Waals surface area contributed by atoms with E-state index in [9.17, 15) is 52.7 Å². The van der Waals surface area contributed by atoms with Gasteiger partial charge >= 0.3 is 23.7 Å². The van der Waals surface area contributed by atoms with Crippen molar-refractivity contribution in [2.24, 2.45) is 0 Å². The molecule has 0 aliphatic rings. The van der Waals surface area contributed by atoms with Crippen molar-refractivity contribution in [1.82, 2.24) is 0 Å². The molecule has 152 valence electrons. The quantitative estimate of drug-likeness (QED) is 0.366. The molecule has 25 heavy (non-hydrogen) atoms. The summed E-state index contributed by atoms with van der Waals surface area (Å²) in [6.07, 6.45) is -10.1. The van der Waals surface area contributed by atoms with E-state index >= 15 is 0 Å². The van der Waals surface area contributed by atoms with Crippen LogP contribution in [0.2, 0.25) is 6.04 Å². The maximum absolute atomic E-state index is 13.7. The molecule has 0 aliphatic heterocycles. The van der Waals surface area contributed by atoms with Crippen molar-refractivity contribution in [3.05, 3.63) is 0 Å². The summed E-state index contributed by atoms with van der Waals surface area (Å²) in [7, 11) is -3.29. The van der Waals surface area contributed by atoms with Gasteiger partial charge in [0.15, 0.2) is 5.79 Å². The zero-order valence-electron chi connectivity index (χ0n) is 12.7. The Kier molecular flexibility index (Phi) is 7.71. The first-order chi connectivity index (χ1) is 11.0. The highest BCUT2D eigenvalue weighted by Crippen LogP contribution is 2.56. The van der Waals surface area contributed by atoms with Gasteiger partial charge in [-0.15, -0.1) is 0 Å². The van der Waals surface area contributed by atoms with E-state index in [1.807, 2.05) is 0 Å². The summed E-state index contributed by atoms with van der Waals surface area (Å²) in [6.45, 7) is 1.29. The molecule has 0 heterocycles.